The lowest BCUT2D eigenvalue weighted by Gasteiger charge is -2.42. The Bertz CT molecular complexity index is 184. The summed E-state index contributed by atoms with van der Waals surface area (Å²) in [5.74, 6) is 1.63. The van der Waals surface area contributed by atoms with Crippen LogP contribution in [0.1, 0.15) is 47.0 Å². The van der Waals surface area contributed by atoms with Crippen LogP contribution in [0.4, 0.5) is 0 Å². The number of rotatable bonds is 1. The number of hydrogen-bond acceptors (Lipinski definition) is 2. The third-order valence-corrected chi connectivity index (χ3v) is 3.75. The Hall–Kier alpha value is -0.0800. The molecule has 0 aromatic rings. The number of likely N-dealkylation sites (tertiary alicyclic amines) is 1. The zero-order chi connectivity index (χ0) is 12.0. The summed E-state index contributed by atoms with van der Waals surface area (Å²) in [6, 6.07) is 0.798. The zero-order valence-electron chi connectivity index (χ0n) is 11.5. The second kappa shape index (κ2) is 7.29. The Labute approximate surface area is 101 Å². The predicted octanol–water partition coefficient (Wildman–Crippen LogP) is 3.17. The molecule has 0 spiro atoms. The minimum Gasteiger partial charge on any atom is -0.381 e. The maximum atomic E-state index is 5.50. The van der Waals surface area contributed by atoms with Gasteiger partial charge >= 0.3 is 0 Å². The van der Waals surface area contributed by atoms with E-state index in [1.54, 1.807) is 0 Å². The van der Waals surface area contributed by atoms with Crippen molar-refractivity contribution in [2.75, 3.05) is 26.3 Å². The molecule has 96 valence electrons. The average molecular weight is 227 g/mol. The molecule has 2 heteroatoms. The van der Waals surface area contributed by atoms with Crippen LogP contribution in [-0.4, -0.2) is 37.2 Å². The highest BCUT2D eigenvalue weighted by atomic mass is 16.5. The lowest BCUT2D eigenvalue weighted by molar-refractivity contribution is -0.0178. The number of piperidine rings is 1. The SMILES string of the molecule is CC.CC1CCCN(C2CCOCC2C)C1. The van der Waals surface area contributed by atoms with Crippen molar-refractivity contribution in [1.82, 2.24) is 4.90 Å². The van der Waals surface area contributed by atoms with Crippen LogP contribution in [0, 0.1) is 11.8 Å². The van der Waals surface area contributed by atoms with E-state index in [1.807, 2.05) is 13.8 Å². The molecule has 16 heavy (non-hydrogen) atoms. The van der Waals surface area contributed by atoms with Gasteiger partial charge in [-0.2, -0.15) is 0 Å². The lowest BCUT2D eigenvalue weighted by Crippen LogP contribution is -2.48. The molecule has 2 nitrogen and oxygen atoms in total. The fraction of sp³-hybridized carbons (Fsp3) is 1.00. The van der Waals surface area contributed by atoms with Crippen molar-refractivity contribution >= 4 is 0 Å². The van der Waals surface area contributed by atoms with Gasteiger partial charge < -0.3 is 4.74 Å². The van der Waals surface area contributed by atoms with E-state index in [4.69, 9.17) is 4.74 Å². The first-order valence-electron chi connectivity index (χ1n) is 7.09. The van der Waals surface area contributed by atoms with E-state index in [9.17, 15) is 0 Å². The highest BCUT2D eigenvalue weighted by Gasteiger charge is 2.29. The standard InChI is InChI=1S/C12H23NO.C2H6/c1-10-4-3-6-13(8-10)12-5-7-14-9-11(12)2;1-2/h10-12H,3-9H2,1-2H3;1-2H3. The molecule has 2 aliphatic heterocycles. The van der Waals surface area contributed by atoms with E-state index < -0.39 is 0 Å². The van der Waals surface area contributed by atoms with Crippen molar-refractivity contribution in [1.29, 1.82) is 0 Å². The number of hydrogen-bond donors (Lipinski definition) is 0. The summed E-state index contributed by atoms with van der Waals surface area (Å²) in [5, 5.41) is 0. The molecule has 2 heterocycles. The van der Waals surface area contributed by atoms with Crippen LogP contribution < -0.4 is 0 Å². The summed E-state index contributed by atoms with van der Waals surface area (Å²) < 4.78 is 5.50. The molecule has 0 aliphatic carbocycles. The van der Waals surface area contributed by atoms with Crippen LogP contribution in [0.25, 0.3) is 0 Å². The van der Waals surface area contributed by atoms with E-state index in [0.29, 0.717) is 0 Å². The van der Waals surface area contributed by atoms with Crippen molar-refractivity contribution in [3.8, 4) is 0 Å². The quantitative estimate of drug-likeness (QED) is 0.682. The van der Waals surface area contributed by atoms with Crippen LogP contribution in [-0.2, 0) is 4.74 Å². The van der Waals surface area contributed by atoms with Gasteiger partial charge in [-0.05, 0) is 37.6 Å². The third-order valence-electron chi connectivity index (χ3n) is 3.75. The van der Waals surface area contributed by atoms with E-state index in [1.165, 1.54) is 32.4 Å². The molecule has 0 amide bonds. The maximum absolute atomic E-state index is 5.50. The van der Waals surface area contributed by atoms with E-state index in [0.717, 1.165) is 31.1 Å². The van der Waals surface area contributed by atoms with Crippen LogP contribution in [0.2, 0.25) is 0 Å². The fourth-order valence-corrected chi connectivity index (χ4v) is 2.94. The molecule has 3 atom stereocenters. The van der Waals surface area contributed by atoms with Gasteiger partial charge in [-0.15, -0.1) is 0 Å². The predicted molar refractivity (Wildman–Crippen MR) is 69.7 cm³/mol. The van der Waals surface area contributed by atoms with Gasteiger partial charge in [-0.3, -0.25) is 4.90 Å². The van der Waals surface area contributed by atoms with Gasteiger partial charge in [0, 0.05) is 19.2 Å². The van der Waals surface area contributed by atoms with Crippen LogP contribution in [0.5, 0.6) is 0 Å². The van der Waals surface area contributed by atoms with Gasteiger partial charge in [0.05, 0.1) is 6.61 Å². The highest BCUT2D eigenvalue weighted by molar-refractivity contribution is 4.83. The zero-order valence-corrected chi connectivity index (χ0v) is 11.5. The molecule has 3 unspecified atom stereocenters. The summed E-state index contributed by atoms with van der Waals surface area (Å²) in [6.45, 7) is 13.3. The molecule has 0 N–H and O–H groups in total. The monoisotopic (exact) mass is 227 g/mol. The summed E-state index contributed by atoms with van der Waals surface area (Å²) in [6.07, 6.45) is 4.06. The lowest BCUT2D eigenvalue weighted by atomic mass is 9.91. The summed E-state index contributed by atoms with van der Waals surface area (Å²) in [5.41, 5.74) is 0. The van der Waals surface area contributed by atoms with Crippen molar-refractivity contribution < 1.29 is 4.74 Å². The largest absolute Gasteiger partial charge is 0.381 e. The van der Waals surface area contributed by atoms with Crippen LogP contribution in [0.15, 0.2) is 0 Å². The molecule has 2 rings (SSSR count). The number of nitrogens with zero attached hydrogens (tertiary/aromatic N) is 1. The molecule has 2 fully saturated rings. The molecule has 0 aromatic carbocycles. The molecule has 0 aromatic heterocycles. The van der Waals surface area contributed by atoms with E-state index >= 15 is 0 Å². The Kier molecular flexibility index (Phi) is 6.37. The number of ether oxygens (including phenoxy) is 1. The van der Waals surface area contributed by atoms with Gasteiger partial charge in [0.15, 0.2) is 0 Å². The maximum Gasteiger partial charge on any atom is 0.0506 e. The Morgan fingerprint density at radius 3 is 2.50 bits per heavy atom. The molecule has 0 radical (unpaired) electrons. The molecule has 2 aliphatic rings. The van der Waals surface area contributed by atoms with Crippen molar-refractivity contribution in [2.24, 2.45) is 11.8 Å². The fourth-order valence-electron chi connectivity index (χ4n) is 2.94. The first kappa shape index (κ1) is 14.0. The van der Waals surface area contributed by atoms with E-state index in [-0.39, 0.29) is 0 Å². The van der Waals surface area contributed by atoms with E-state index in [2.05, 4.69) is 18.7 Å². The van der Waals surface area contributed by atoms with Gasteiger partial charge in [0.25, 0.3) is 0 Å². The van der Waals surface area contributed by atoms with Gasteiger partial charge in [-0.1, -0.05) is 27.7 Å². The Morgan fingerprint density at radius 1 is 1.12 bits per heavy atom. The Morgan fingerprint density at radius 2 is 1.88 bits per heavy atom. The van der Waals surface area contributed by atoms with Crippen molar-refractivity contribution in [2.45, 2.75) is 53.0 Å². The van der Waals surface area contributed by atoms with Crippen LogP contribution in [0.3, 0.4) is 0 Å². The minimum absolute atomic E-state index is 0.731. The first-order chi connectivity index (χ1) is 7.77. The molecular formula is C14H29NO. The second-order valence-corrected chi connectivity index (χ2v) is 5.15. The third kappa shape index (κ3) is 3.74. The van der Waals surface area contributed by atoms with Crippen molar-refractivity contribution in [3.05, 3.63) is 0 Å². The summed E-state index contributed by atoms with van der Waals surface area (Å²) in [4.78, 5) is 2.71. The van der Waals surface area contributed by atoms with Gasteiger partial charge in [0.1, 0.15) is 0 Å². The molecular weight excluding hydrogens is 198 g/mol. The van der Waals surface area contributed by atoms with Crippen molar-refractivity contribution in [3.63, 3.8) is 0 Å². The smallest absolute Gasteiger partial charge is 0.0506 e. The molecule has 0 saturated carbocycles. The normalized spacial score (nSPS) is 36.4. The average Bonchev–Trinajstić information content (AvgIpc) is 2.32. The molecule has 0 bridgehead atoms. The molecule has 2 saturated heterocycles. The highest BCUT2D eigenvalue weighted by Crippen LogP contribution is 2.25. The van der Waals surface area contributed by atoms with Crippen LogP contribution >= 0.6 is 0 Å². The minimum atomic E-state index is 0.731. The van der Waals surface area contributed by atoms with Gasteiger partial charge in [-0.25, -0.2) is 0 Å². The second-order valence-electron chi connectivity index (χ2n) is 5.15. The summed E-state index contributed by atoms with van der Waals surface area (Å²) >= 11 is 0. The topological polar surface area (TPSA) is 12.5 Å². The van der Waals surface area contributed by atoms with Gasteiger partial charge in [0.2, 0.25) is 0 Å². The first-order valence-corrected chi connectivity index (χ1v) is 7.09. The summed E-state index contributed by atoms with van der Waals surface area (Å²) in [7, 11) is 0. The Balaban J connectivity index is 0.000000606.